The van der Waals surface area contributed by atoms with Gasteiger partial charge < -0.3 is 26.2 Å². The highest BCUT2D eigenvalue weighted by atomic mass is 32.1. The molecule has 11 heteroatoms. The maximum Gasteiger partial charge on any atom is 0.241 e. The van der Waals surface area contributed by atoms with Gasteiger partial charge in [-0.3, -0.25) is 19.4 Å². The quantitative estimate of drug-likeness (QED) is 0.191. The van der Waals surface area contributed by atoms with Gasteiger partial charge in [-0.1, -0.05) is 0 Å². The molecular formula is C19H31N7O3S. The van der Waals surface area contributed by atoms with E-state index in [2.05, 4.69) is 20.6 Å². The van der Waals surface area contributed by atoms with Crippen LogP contribution in [0.1, 0.15) is 29.6 Å². The Balaban J connectivity index is 2.02. The van der Waals surface area contributed by atoms with Crippen LogP contribution in [0.5, 0.6) is 0 Å². The van der Waals surface area contributed by atoms with Crippen molar-refractivity contribution in [2.24, 2.45) is 10.7 Å². The monoisotopic (exact) mass is 437 g/mol. The first kappa shape index (κ1) is 23.9. The minimum atomic E-state index is -0.721. The van der Waals surface area contributed by atoms with Crippen LogP contribution in [-0.4, -0.2) is 97.1 Å². The lowest BCUT2D eigenvalue weighted by Gasteiger charge is -2.24. The van der Waals surface area contributed by atoms with Crippen LogP contribution in [0, 0.1) is 0 Å². The second-order valence-electron chi connectivity index (χ2n) is 7.35. The number of thiazole rings is 1. The molecule has 1 saturated heterocycles. The SMILES string of the molecule is CNC1CN(C)CCN(CC(=O)N[C@@H](CCCN=C(C)N)C(=O)c2nccs2)C1=O. The van der Waals surface area contributed by atoms with Gasteiger partial charge >= 0.3 is 0 Å². The van der Waals surface area contributed by atoms with Gasteiger partial charge in [0.25, 0.3) is 0 Å². The number of carbonyl (C=O) groups is 3. The molecule has 2 rings (SSSR count). The summed E-state index contributed by atoms with van der Waals surface area (Å²) in [6.45, 7) is 3.80. The number of nitrogens with one attached hydrogen (secondary N) is 2. The van der Waals surface area contributed by atoms with Gasteiger partial charge in [0.05, 0.1) is 24.5 Å². The molecule has 2 amide bonds. The summed E-state index contributed by atoms with van der Waals surface area (Å²) in [5, 5.41) is 7.87. The molecule has 2 heterocycles. The Morgan fingerprint density at radius 2 is 2.20 bits per heavy atom. The average Bonchev–Trinajstić information content (AvgIpc) is 3.20. The first-order valence-corrected chi connectivity index (χ1v) is 10.8. The van der Waals surface area contributed by atoms with E-state index in [-0.39, 0.29) is 30.2 Å². The van der Waals surface area contributed by atoms with E-state index < -0.39 is 6.04 Å². The van der Waals surface area contributed by atoms with E-state index in [1.54, 1.807) is 25.5 Å². The van der Waals surface area contributed by atoms with Gasteiger partial charge in [-0.2, -0.15) is 0 Å². The third-order valence-corrected chi connectivity index (χ3v) is 5.63. The Morgan fingerprint density at radius 1 is 1.43 bits per heavy atom. The summed E-state index contributed by atoms with van der Waals surface area (Å²) < 4.78 is 0. The van der Waals surface area contributed by atoms with Gasteiger partial charge in [0.2, 0.25) is 17.6 Å². The molecule has 0 radical (unpaired) electrons. The van der Waals surface area contributed by atoms with Gasteiger partial charge in [-0.25, -0.2) is 4.98 Å². The van der Waals surface area contributed by atoms with E-state index in [9.17, 15) is 14.4 Å². The summed E-state index contributed by atoms with van der Waals surface area (Å²) in [7, 11) is 3.67. The zero-order valence-electron chi connectivity index (χ0n) is 17.8. The van der Waals surface area contributed by atoms with Crippen LogP contribution in [0.2, 0.25) is 0 Å². The number of rotatable bonds is 10. The van der Waals surface area contributed by atoms with Gasteiger partial charge in [-0.15, -0.1) is 11.3 Å². The minimum absolute atomic E-state index is 0.0907. The lowest BCUT2D eigenvalue weighted by molar-refractivity contribution is -0.137. The van der Waals surface area contributed by atoms with Gasteiger partial charge in [0, 0.05) is 37.8 Å². The van der Waals surface area contributed by atoms with E-state index in [0.717, 1.165) is 0 Å². The number of amidine groups is 1. The standard InChI is InChI=1S/C19H31N7O3S/c1-13(20)22-6-4-5-14(17(28)18-23-7-10-30-18)24-16(27)12-26-9-8-25(3)11-15(21-2)19(26)29/h7,10,14-15,21H,4-6,8-9,11-12H2,1-3H3,(H2,20,22)(H,24,27)/t14-,15?/m0/s1. The molecule has 1 aliphatic heterocycles. The highest BCUT2D eigenvalue weighted by Gasteiger charge is 2.30. The van der Waals surface area contributed by atoms with E-state index in [1.165, 1.54) is 16.2 Å². The topological polar surface area (TPSA) is 133 Å². The first-order chi connectivity index (χ1) is 14.3. The molecule has 166 valence electrons. The molecule has 0 bridgehead atoms. The number of nitrogens with two attached hydrogens (primary N) is 1. The maximum atomic E-state index is 12.8. The summed E-state index contributed by atoms with van der Waals surface area (Å²) in [6.07, 6.45) is 2.56. The van der Waals surface area contributed by atoms with Crippen molar-refractivity contribution in [1.82, 2.24) is 25.4 Å². The number of ketones is 1. The van der Waals surface area contributed by atoms with E-state index in [1.807, 2.05) is 11.9 Å². The number of aliphatic imine (C=N–C) groups is 1. The summed E-state index contributed by atoms with van der Waals surface area (Å²) in [4.78, 5) is 50.0. The first-order valence-electron chi connectivity index (χ1n) is 9.96. The molecule has 1 aliphatic rings. The summed E-state index contributed by atoms with van der Waals surface area (Å²) in [5.74, 6) is -0.240. The second-order valence-corrected chi connectivity index (χ2v) is 8.24. The van der Waals surface area contributed by atoms with Crippen LogP contribution < -0.4 is 16.4 Å². The van der Waals surface area contributed by atoms with Gasteiger partial charge in [0.15, 0.2) is 5.01 Å². The van der Waals surface area contributed by atoms with Crippen LogP contribution >= 0.6 is 11.3 Å². The summed E-state index contributed by atoms with van der Waals surface area (Å²) in [6, 6.07) is -1.09. The minimum Gasteiger partial charge on any atom is -0.388 e. The average molecular weight is 438 g/mol. The Hall–Kier alpha value is -2.37. The van der Waals surface area contributed by atoms with Gasteiger partial charge in [-0.05, 0) is 33.9 Å². The summed E-state index contributed by atoms with van der Waals surface area (Å²) in [5.41, 5.74) is 5.55. The predicted octanol–water partition coefficient (Wildman–Crippen LogP) is -0.670. The Labute approximate surface area is 180 Å². The van der Waals surface area contributed by atoms with Crippen molar-refractivity contribution in [3.05, 3.63) is 16.6 Å². The molecule has 0 aliphatic carbocycles. The van der Waals surface area contributed by atoms with E-state index in [4.69, 9.17) is 5.73 Å². The largest absolute Gasteiger partial charge is 0.388 e. The molecule has 10 nitrogen and oxygen atoms in total. The van der Waals surface area contributed by atoms with E-state index >= 15 is 0 Å². The third kappa shape index (κ3) is 7.15. The molecule has 0 spiro atoms. The normalized spacial score (nSPS) is 19.4. The van der Waals surface area contributed by atoms with Crippen molar-refractivity contribution in [3.8, 4) is 0 Å². The highest BCUT2D eigenvalue weighted by molar-refractivity contribution is 7.11. The van der Waals surface area contributed by atoms with Crippen LogP contribution in [-0.2, 0) is 9.59 Å². The molecule has 1 aromatic heterocycles. The Bertz CT molecular complexity index is 749. The number of Topliss-reactive ketones (excluding diaryl/α,β-unsaturated/α-hetero) is 1. The fraction of sp³-hybridized carbons (Fsp3) is 0.632. The van der Waals surface area contributed by atoms with Crippen molar-refractivity contribution >= 4 is 34.8 Å². The van der Waals surface area contributed by atoms with E-state index in [0.29, 0.717) is 49.9 Å². The molecule has 0 aromatic carbocycles. The highest BCUT2D eigenvalue weighted by Crippen LogP contribution is 2.12. The van der Waals surface area contributed by atoms with Gasteiger partial charge in [0.1, 0.15) is 0 Å². The lowest BCUT2D eigenvalue weighted by Crippen LogP contribution is -2.51. The predicted molar refractivity (Wildman–Crippen MR) is 117 cm³/mol. The maximum absolute atomic E-state index is 12.8. The number of hydrogen-bond acceptors (Lipinski definition) is 8. The number of amides is 2. The van der Waals surface area contributed by atoms with Crippen LogP contribution in [0.4, 0.5) is 0 Å². The summed E-state index contributed by atoms with van der Waals surface area (Å²) >= 11 is 1.24. The number of likely N-dealkylation sites (N-methyl/N-ethyl adjacent to an activating group) is 2. The molecule has 4 N–H and O–H groups in total. The fourth-order valence-corrected chi connectivity index (χ4v) is 3.83. The molecule has 2 atom stereocenters. The van der Waals surface area contributed by atoms with Crippen LogP contribution in [0.15, 0.2) is 16.6 Å². The zero-order chi connectivity index (χ0) is 22.1. The smallest absolute Gasteiger partial charge is 0.241 e. The van der Waals surface area contributed by atoms with Crippen LogP contribution in [0.3, 0.4) is 0 Å². The Morgan fingerprint density at radius 3 is 2.83 bits per heavy atom. The molecule has 0 saturated carbocycles. The molecule has 1 fully saturated rings. The van der Waals surface area contributed by atoms with Crippen molar-refractivity contribution in [2.45, 2.75) is 31.8 Å². The number of carbonyl (C=O) groups excluding carboxylic acids is 3. The number of hydrogen-bond donors (Lipinski definition) is 3. The molecule has 1 aromatic rings. The Kier molecular flexibility index (Phi) is 9.34. The second kappa shape index (κ2) is 11.7. The lowest BCUT2D eigenvalue weighted by atomic mass is 10.1. The van der Waals surface area contributed by atoms with Crippen molar-refractivity contribution in [2.75, 3.05) is 46.8 Å². The zero-order valence-corrected chi connectivity index (χ0v) is 18.6. The molecule has 1 unspecified atom stereocenters. The third-order valence-electron chi connectivity index (χ3n) is 4.85. The molecule has 30 heavy (non-hydrogen) atoms. The van der Waals surface area contributed by atoms with Crippen molar-refractivity contribution in [3.63, 3.8) is 0 Å². The number of aromatic nitrogens is 1. The van der Waals surface area contributed by atoms with Crippen molar-refractivity contribution < 1.29 is 14.4 Å². The van der Waals surface area contributed by atoms with Crippen molar-refractivity contribution in [1.29, 1.82) is 0 Å². The fourth-order valence-electron chi connectivity index (χ4n) is 3.20. The number of nitrogens with zero attached hydrogens (tertiary/aromatic N) is 4. The van der Waals surface area contributed by atoms with Crippen LogP contribution in [0.25, 0.3) is 0 Å². The molecular weight excluding hydrogens is 406 g/mol.